The van der Waals surface area contributed by atoms with E-state index in [2.05, 4.69) is 22.4 Å². The monoisotopic (exact) mass is 525 g/mol. The topological polar surface area (TPSA) is 103 Å². The summed E-state index contributed by atoms with van der Waals surface area (Å²) in [5.41, 5.74) is 6.12. The minimum absolute atomic E-state index is 0.102. The molecule has 2 N–H and O–H groups in total. The molecule has 1 aliphatic carbocycles. The summed E-state index contributed by atoms with van der Waals surface area (Å²) in [5, 5.41) is 12.4. The zero-order valence-corrected chi connectivity index (χ0v) is 21.7. The van der Waals surface area contributed by atoms with Gasteiger partial charge >= 0.3 is 12.1 Å². The Hall–Kier alpha value is -4.59. The summed E-state index contributed by atoms with van der Waals surface area (Å²) < 4.78 is 13.4. The molecule has 4 aromatic rings. The van der Waals surface area contributed by atoms with E-state index in [0.29, 0.717) is 13.2 Å². The minimum atomic E-state index is -1.15. The molecule has 8 nitrogen and oxygen atoms in total. The van der Waals surface area contributed by atoms with Crippen LogP contribution in [0.25, 0.3) is 11.1 Å². The highest BCUT2D eigenvalue weighted by molar-refractivity contribution is 5.81. The van der Waals surface area contributed by atoms with Gasteiger partial charge in [-0.15, -0.1) is 0 Å². The van der Waals surface area contributed by atoms with Gasteiger partial charge in [0.25, 0.3) is 0 Å². The van der Waals surface area contributed by atoms with Crippen LogP contribution >= 0.6 is 0 Å². The second-order valence-electron chi connectivity index (χ2n) is 9.59. The minimum Gasteiger partial charge on any atom is -0.493 e. The fourth-order valence-electron chi connectivity index (χ4n) is 5.03. The molecule has 200 valence electrons. The zero-order chi connectivity index (χ0) is 27.2. The molecule has 0 radical (unpaired) electrons. The summed E-state index contributed by atoms with van der Waals surface area (Å²) >= 11 is 0. The largest absolute Gasteiger partial charge is 0.493 e. The molecule has 5 rings (SSSR count). The van der Waals surface area contributed by atoms with Gasteiger partial charge in [-0.05, 0) is 40.3 Å². The maximum atomic E-state index is 12.8. The third-order valence-corrected chi connectivity index (χ3v) is 6.87. The van der Waals surface area contributed by atoms with Crippen LogP contribution in [-0.2, 0) is 22.5 Å². The Bertz CT molecular complexity index is 1400. The predicted molar refractivity (Wildman–Crippen MR) is 147 cm³/mol. The van der Waals surface area contributed by atoms with Crippen molar-refractivity contribution in [1.29, 1.82) is 0 Å². The second kappa shape index (κ2) is 11.9. The van der Waals surface area contributed by atoms with Gasteiger partial charge in [0.1, 0.15) is 18.4 Å². The lowest BCUT2D eigenvalue weighted by Crippen LogP contribution is -2.42. The van der Waals surface area contributed by atoms with Crippen molar-refractivity contribution in [3.8, 4) is 16.9 Å². The van der Waals surface area contributed by atoms with Gasteiger partial charge in [-0.2, -0.15) is 0 Å². The highest BCUT2D eigenvalue weighted by atomic mass is 16.5. The van der Waals surface area contributed by atoms with E-state index in [0.717, 1.165) is 45.6 Å². The molecule has 0 saturated heterocycles. The van der Waals surface area contributed by atoms with Crippen LogP contribution in [0.1, 0.15) is 41.5 Å². The number of imidazole rings is 1. The summed E-state index contributed by atoms with van der Waals surface area (Å²) in [6.45, 7) is 3.27. The second-order valence-corrected chi connectivity index (χ2v) is 9.59. The number of fused-ring (bicyclic) bond motifs is 3. The highest BCUT2D eigenvalue weighted by Crippen LogP contribution is 2.44. The molecule has 1 atom stereocenters. The van der Waals surface area contributed by atoms with Crippen LogP contribution in [0.3, 0.4) is 0 Å². The van der Waals surface area contributed by atoms with Gasteiger partial charge in [0, 0.05) is 30.3 Å². The Kier molecular flexibility index (Phi) is 7.91. The summed E-state index contributed by atoms with van der Waals surface area (Å²) in [6.07, 6.45) is 5.49. The van der Waals surface area contributed by atoms with Crippen molar-refractivity contribution >= 4 is 12.1 Å². The average molecular weight is 526 g/mol. The SMILES string of the molecule is CCCOc1ccc(CC(NC(=O)OCC2c3ccccc3-c3ccccc32)C(=O)O)cc1Cn1ccnc1. The van der Waals surface area contributed by atoms with Crippen LogP contribution in [0.5, 0.6) is 5.75 Å². The van der Waals surface area contributed by atoms with Gasteiger partial charge in [0.2, 0.25) is 0 Å². The number of alkyl carbamates (subject to hydrolysis) is 1. The number of rotatable bonds is 11. The first-order valence-corrected chi connectivity index (χ1v) is 13.1. The fraction of sp³-hybridized carbons (Fsp3) is 0.258. The maximum absolute atomic E-state index is 12.8. The lowest BCUT2D eigenvalue weighted by atomic mass is 9.98. The number of hydrogen-bond acceptors (Lipinski definition) is 5. The van der Waals surface area contributed by atoms with Gasteiger partial charge in [-0.1, -0.05) is 67.6 Å². The first-order chi connectivity index (χ1) is 19.0. The van der Waals surface area contributed by atoms with Crippen LogP contribution in [-0.4, -0.2) is 46.0 Å². The van der Waals surface area contributed by atoms with E-state index < -0.39 is 18.1 Å². The number of hydrogen-bond donors (Lipinski definition) is 2. The third kappa shape index (κ3) is 5.95. The molecule has 0 aliphatic heterocycles. The quantitative estimate of drug-likeness (QED) is 0.277. The van der Waals surface area contributed by atoms with E-state index in [4.69, 9.17) is 9.47 Å². The van der Waals surface area contributed by atoms with E-state index >= 15 is 0 Å². The van der Waals surface area contributed by atoms with Crippen LogP contribution in [0.15, 0.2) is 85.5 Å². The van der Waals surface area contributed by atoms with Crippen LogP contribution in [0.2, 0.25) is 0 Å². The number of nitrogens with one attached hydrogen (secondary N) is 1. The van der Waals surface area contributed by atoms with Crippen molar-refractivity contribution in [2.45, 2.75) is 38.3 Å². The molecule has 39 heavy (non-hydrogen) atoms. The number of ether oxygens (including phenoxy) is 2. The van der Waals surface area contributed by atoms with Crippen molar-refractivity contribution in [1.82, 2.24) is 14.9 Å². The molecule has 0 bridgehead atoms. The molecule has 1 unspecified atom stereocenters. The number of carbonyl (C=O) groups excluding carboxylic acids is 1. The molecule has 3 aromatic carbocycles. The molecule has 1 heterocycles. The molecular formula is C31H31N3O5. The van der Waals surface area contributed by atoms with Gasteiger partial charge in [-0.25, -0.2) is 14.6 Å². The summed E-state index contributed by atoms with van der Waals surface area (Å²) in [6, 6.07) is 20.6. The number of carbonyl (C=O) groups is 2. The molecule has 1 aliphatic rings. The predicted octanol–water partition coefficient (Wildman–Crippen LogP) is 5.25. The Morgan fingerprint density at radius 2 is 1.77 bits per heavy atom. The van der Waals surface area contributed by atoms with E-state index in [1.807, 2.05) is 72.3 Å². The van der Waals surface area contributed by atoms with Crippen molar-refractivity contribution in [2.24, 2.45) is 0 Å². The van der Waals surface area contributed by atoms with Crippen LogP contribution in [0.4, 0.5) is 4.79 Å². The average Bonchev–Trinajstić information content (AvgIpc) is 3.57. The van der Waals surface area contributed by atoms with E-state index in [1.165, 1.54) is 0 Å². The fourth-order valence-corrected chi connectivity index (χ4v) is 5.03. The summed E-state index contributed by atoms with van der Waals surface area (Å²) in [5.74, 6) is -0.496. The van der Waals surface area contributed by atoms with E-state index in [9.17, 15) is 14.7 Å². The number of benzene rings is 3. The maximum Gasteiger partial charge on any atom is 0.407 e. The first-order valence-electron chi connectivity index (χ1n) is 13.1. The molecule has 0 fully saturated rings. The van der Waals surface area contributed by atoms with Crippen LogP contribution < -0.4 is 10.1 Å². The normalized spacial score (nSPS) is 12.8. The van der Waals surface area contributed by atoms with Gasteiger partial charge in [0.15, 0.2) is 0 Å². The number of aromatic nitrogens is 2. The van der Waals surface area contributed by atoms with E-state index in [1.54, 1.807) is 12.5 Å². The smallest absolute Gasteiger partial charge is 0.407 e. The number of aliphatic carboxylic acids is 1. The number of amides is 1. The Balaban J connectivity index is 1.26. The van der Waals surface area contributed by atoms with Gasteiger partial charge in [-0.3, -0.25) is 0 Å². The van der Waals surface area contributed by atoms with E-state index in [-0.39, 0.29) is 18.9 Å². The Morgan fingerprint density at radius 3 is 2.41 bits per heavy atom. The Labute approximate surface area is 227 Å². The lowest BCUT2D eigenvalue weighted by Gasteiger charge is -2.18. The molecular weight excluding hydrogens is 494 g/mol. The molecule has 8 heteroatoms. The number of carboxylic acids is 1. The van der Waals surface area contributed by atoms with Gasteiger partial charge < -0.3 is 24.5 Å². The Morgan fingerprint density at radius 1 is 1.05 bits per heavy atom. The molecule has 0 saturated carbocycles. The summed E-state index contributed by atoms with van der Waals surface area (Å²) in [7, 11) is 0. The number of carboxylic acid groups (broad SMARTS) is 1. The van der Waals surface area contributed by atoms with Crippen molar-refractivity contribution in [2.75, 3.05) is 13.2 Å². The molecule has 1 aromatic heterocycles. The lowest BCUT2D eigenvalue weighted by molar-refractivity contribution is -0.139. The highest BCUT2D eigenvalue weighted by Gasteiger charge is 2.30. The molecule has 0 spiro atoms. The molecule has 1 amide bonds. The van der Waals surface area contributed by atoms with Crippen molar-refractivity contribution < 1.29 is 24.2 Å². The van der Waals surface area contributed by atoms with Crippen molar-refractivity contribution in [3.63, 3.8) is 0 Å². The van der Waals surface area contributed by atoms with Gasteiger partial charge in [0.05, 0.1) is 19.5 Å². The van der Waals surface area contributed by atoms with Crippen molar-refractivity contribution in [3.05, 3.63) is 108 Å². The first kappa shape index (κ1) is 26.0. The van der Waals surface area contributed by atoms with Crippen LogP contribution in [0, 0.1) is 0 Å². The third-order valence-electron chi connectivity index (χ3n) is 6.87. The standard InChI is InChI=1S/C31H31N3O5/c1-2-15-38-29-12-11-21(16-22(29)18-34-14-13-32-20-34)17-28(30(35)36)33-31(37)39-19-27-25-9-5-3-7-23(25)24-8-4-6-10-26(24)27/h3-14,16,20,27-28H,2,15,17-19H2,1H3,(H,33,37)(H,35,36). The number of nitrogens with zero attached hydrogens (tertiary/aromatic N) is 2. The summed E-state index contributed by atoms with van der Waals surface area (Å²) in [4.78, 5) is 28.9. The zero-order valence-electron chi connectivity index (χ0n) is 21.7.